The maximum Gasteiger partial charge on any atom is 0.339 e. The van der Waals surface area contributed by atoms with Gasteiger partial charge in [0.2, 0.25) is 0 Å². The molecule has 0 aliphatic rings. The number of nitrogens with two attached hydrogens (primary N) is 2. The number of primary amides is 1. The zero-order valence-corrected chi connectivity index (χ0v) is 6.20. The fourth-order valence-electron chi connectivity index (χ4n) is 0.262. The molecule has 0 saturated heterocycles. The van der Waals surface area contributed by atoms with Crippen LogP contribution in [0.5, 0.6) is 0 Å². The van der Waals surface area contributed by atoms with Gasteiger partial charge in [-0.1, -0.05) is 0 Å². The topological polar surface area (TPSA) is 122 Å². The number of hydrogen-bond acceptors (Lipinski definition) is 3. The molecule has 11 heavy (non-hydrogen) atoms. The van der Waals surface area contributed by atoms with E-state index >= 15 is 0 Å². The zero-order chi connectivity index (χ0) is 8.85. The number of urea groups is 2. The SMILES string of the molecule is NC(=O)NNC(=O)NC(N)=S. The fraction of sp³-hybridized carbons (Fsp3) is 0. The molecule has 0 heterocycles. The van der Waals surface area contributed by atoms with E-state index in [4.69, 9.17) is 5.73 Å². The van der Waals surface area contributed by atoms with E-state index < -0.39 is 12.1 Å². The lowest BCUT2D eigenvalue weighted by atomic mass is 10.9. The first kappa shape index (κ1) is 9.43. The van der Waals surface area contributed by atoms with Gasteiger partial charge < -0.3 is 11.5 Å². The number of hydrogen-bond donors (Lipinski definition) is 5. The smallest absolute Gasteiger partial charge is 0.339 e. The van der Waals surface area contributed by atoms with Gasteiger partial charge in [-0.15, -0.1) is 0 Å². The van der Waals surface area contributed by atoms with Crippen LogP contribution in [0.4, 0.5) is 9.59 Å². The van der Waals surface area contributed by atoms with Crippen LogP contribution in [0.25, 0.3) is 0 Å². The molecule has 0 aromatic heterocycles. The maximum absolute atomic E-state index is 10.5. The van der Waals surface area contributed by atoms with Crippen LogP contribution in [0.15, 0.2) is 0 Å². The molecule has 0 fully saturated rings. The molecule has 0 bridgehead atoms. The van der Waals surface area contributed by atoms with E-state index in [0.717, 1.165) is 0 Å². The highest BCUT2D eigenvalue weighted by Gasteiger charge is 1.99. The van der Waals surface area contributed by atoms with E-state index in [1.165, 1.54) is 0 Å². The first-order valence-electron chi connectivity index (χ1n) is 2.44. The third kappa shape index (κ3) is 6.31. The largest absolute Gasteiger partial charge is 0.376 e. The molecule has 0 aliphatic heterocycles. The number of rotatable bonds is 0. The summed E-state index contributed by atoms with van der Waals surface area (Å²) >= 11 is 4.31. The number of amides is 4. The Morgan fingerprint density at radius 3 is 2.09 bits per heavy atom. The van der Waals surface area contributed by atoms with Gasteiger partial charge in [-0.2, -0.15) is 0 Å². The Morgan fingerprint density at radius 2 is 1.73 bits per heavy atom. The van der Waals surface area contributed by atoms with E-state index in [1.54, 1.807) is 0 Å². The van der Waals surface area contributed by atoms with Crippen LogP contribution in [0, 0.1) is 0 Å². The average Bonchev–Trinajstić information content (AvgIpc) is 1.82. The lowest BCUT2D eigenvalue weighted by Gasteiger charge is -2.04. The van der Waals surface area contributed by atoms with Crippen molar-refractivity contribution in [2.24, 2.45) is 11.5 Å². The monoisotopic (exact) mass is 177 g/mol. The minimum Gasteiger partial charge on any atom is -0.376 e. The molecule has 8 heteroatoms. The Kier molecular flexibility index (Phi) is 3.67. The van der Waals surface area contributed by atoms with Gasteiger partial charge in [0, 0.05) is 0 Å². The molecule has 7 N–H and O–H groups in total. The summed E-state index contributed by atoms with van der Waals surface area (Å²) < 4.78 is 0. The van der Waals surface area contributed by atoms with Crippen LogP contribution in [-0.2, 0) is 0 Å². The molecule has 0 aliphatic carbocycles. The molecule has 0 rings (SSSR count). The molecule has 0 spiro atoms. The first-order valence-corrected chi connectivity index (χ1v) is 2.85. The molecule has 0 saturated carbocycles. The molecular formula is C3H7N5O2S. The molecule has 0 atom stereocenters. The lowest BCUT2D eigenvalue weighted by molar-refractivity contribution is 0.231. The molecule has 62 valence electrons. The van der Waals surface area contributed by atoms with Crippen molar-refractivity contribution in [1.82, 2.24) is 16.2 Å². The quantitative estimate of drug-likeness (QED) is 0.219. The number of nitrogens with one attached hydrogen (secondary N) is 3. The minimum atomic E-state index is -0.886. The van der Waals surface area contributed by atoms with Gasteiger partial charge in [0.25, 0.3) is 0 Å². The summed E-state index contributed by atoms with van der Waals surface area (Å²) in [5, 5.41) is 1.79. The summed E-state index contributed by atoms with van der Waals surface area (Å²) in [5.41, 5.74) is 13.2. The number of carbonyl (C=O) groups is 2. The molecular weight excluding hydrogens is 170 g/mol. The molecule has 0 unspecified atom stereocenters. The van der Waals surface area contributed by atoms with Crippen molar-refractivity contribution in [3.63, 3.8) is 0 Å². The average molecular weight is 177 g/mol. The Morgan fingerprint density at radius 1 is 1.18 bits per heavy atom. The van der Waals surface area contributed by atoms with Crippen molar-refractivity contribution in [2.75, 3.05) is 0 Å². The van der Waals surface area contributed by atoms with Gasteiger partial charge in [-0.25, -0.2) is 20.4 Å². The third-order valence-electron chi connectivity index (χ3n) is 0.536. The Hall–Kier alpha value is -1.57. The summed E-state index contributed by atoms with van der Waals surface area (Å²) in [4.78, 5) is 20.5. The minimum absolute atomic E-state index is 0.200. The van der Waals surface area contributed by atoms with Gasteiger partial charge in [-0.3, -0.25) is 5.32 Å². The van der Waals surface area contributed by atoms with Crippen molar-refractivity contribution in [1.29, 1.82) is 0 Å². The highest BCUT2D eigenvalue weighted by molar-refractivity contribution is 7.80. The summed E-state index contributed by atoms with van der Waals surface area (Å²) in [6.07, 6.45) is 0. The van der Waals surface area contributed by atoms with Crippen LogP contribution >= 0.6 is 12.2 Å². The van der Waals surface area contributed by atoms with Gasteiger partial charge in [0.1, 0.15) is 0 Å². The van der Waals surface area contributed by atoms with Gasteiger partial charge >= 0.3 is 12.1 Å². The Labute approximate surface area is 67.5 Å². The maximum atomic E-state index is 10.5. The van der Waals surface area contributed by atoms with Crippen molar-refractivity contribution < 1.29 is 9.59 Å². The van der Waals surface area contributed by atoms with Crippen molar-refractivity contribution in [3.05, 3.63) is 0 Å². The van der Waals surface area contributed by atoms with Crippen LogP contribution in [0.3, 0.4) is 0 Å². The van der Waals surface area contributed by atoms with Gasteiger partial charge in [0.15, 0.2) is 5.11 Å². The highest BCUT2D eigenvalue weighted by atomic mass is 32.1. The molecule has 0 aromatic carbocycles. The Balaban J connectivity index is 3.53. The summed E-state index contributed by atoms with van der Waals surface area (Å²) in [5.74, 6) is 0. The van der Waals surface area contributed by atoms with E-state index in [9.17, 15) is 9.59 Å². The second-order valence-corrected chi connectivity index (χ2v) is 1.87. The van der Waals surface area contributed by atoms with Crippen LogP contribution in [0.2, 0.25) is 0 Å². The summed E-state index contributed by atoms with van der Waals surface area (Å²) in [7, 11) is 0. The number of carbonyl (C=O) groups excluding carboxylic acids is 2. The predicted octanol–water partition coefficient (Wildman–Crippen LogP) is -1.89. The van der Waals surface area contributed by atoms with E-state index in [2.05, 4.69) is 18.0 Å². The molecule has 4 amide bonds. The van der Waals surface area contributed by atoms with Crippen LogP contribution < -0.4 is 27.6 Å². The molecule has 0 aromatic rings. The Bertz CT molecular complexity index is 192. The van der Waals surface area contributed by atoms with Crippen molar-refractivity contribution >= 4 is 29.4 Å². The molecule has 0 radical (unpaired) electrons. The van der Waals surface area contributed by atoms with Gasteiger partial charge in [-0.05, 0) is 12.2 Å². The normalized spacial score (nSPS) is 8.00. The van der Waals surface area contributed by atoms with Crippen LogP contribution in [0.1, 0.15) is 0 Å². The van der Waals surface area contributed by atoms with E-state index in [1.807, 2.05) is 16.2 Å². The third-order valence-corrected chi connectivity index (χ3v) is 0.638. The van der Waals surface area contributed by atoms with Crippen LogP contribution in [-0.4, -0.2) is 17.2 Å². The summed E-state index contributed by atoms with van der Waals surface area (Å²) in [6.45, 7) is 0. The second kappa shape index (κ2) is 4.28. The highest BCUT2D eigenvalue weighted by Crippen LogP contribution is 1.60. The lowest BCUT2D eigenvalue weighted by Crippen LogP contribution is -2.51. The van der Waals surface area contributed by atoms with Gasteiger partial charge in [0.05, 0.1) is 0 Å². The first-order chi connectivity index (χ1) is 5.02. The number of hydrazine groups is 1. The number of thiocarbonyl (C=S) groups is 1. The molecule has 7 nitrogen and oxygen atoms in total. The van der Waals surface area contributed by atoms with E-state index in [-0.39, 0.29) is 5.11 Å². The zero-order valence-electron chi connectivity index (χ0n) is 5.38. The fourth-order valence-corrected chi connectivity index (χ4v) is 0.354. The van der Waals surface area contributed by atoms with Crippen molar-refractivity contribution in [3.8, 4) is 0 Å². The van der Waals surface area contributed by atoms with E-state index in [0.29, 0.717) is 0 Å². The van der Waals surface area contributed by atoms with Crippen molar-refractivity contribution in [2.45, 2.75) is 0 Å². The summed E-state index contributed by atoms with van der Waals surface area (Å²) in [6, 6.07) is -1.64. The standard InChI is InChI=1S/C3H7N5O2S/c4-1(9)7-8-3(10)6-2(5)11/h(H3,4,7,9)(H4,5,6,8,10,11). The second-order valence-electron chi connectivity index (χ2n) is 1.43. The predicted molar refractivity (Wildman–Crippen MR) is 41.2 cm³/mol.